The predicted molar refractivity (Wildman–Crippen MR) is 89.3 cm³/mol. The lowest BCUT2D eigenvalue weighted by molar-refractivity contribution is -0.137. The molecule has 128 valence electrons. The van der Waals surface area contributed by atoms with Crippen molar-refractivity contribution in [2.24, 2.45) is 0 Å². The maximum Gasteiger partial charge on any atom is 0.303 e. The zero-order valence-electron chi connectivity index (χ0n) is 13.3. The van der Waals surface area contributed by atoms with Crippen LogP contribution in [0.4, 0.5) is 4.39 Å². The molecule has 2 rings (SSSR count). The number of aryl methyl sites for hydroxylation is 1. The highest BCUT2D eigenvalue weighted by molar-refractivity contribution is 7.09. The number of carbonyl (C=O) groups is 2. The Balaban J connectivity index is 1.96. The number of hydrogen-bond donors (Lipinski definition) is 2. The molecule has 1 unspecified atom stereocenters. The summed E-state index contributed by atoms with van der Waals surface area (Å²) in [6.07, 6.45) is 0.697. The van der Waals surface area contributed by atoms with Crippen molar-refractivity contribution in [2.75, 3.05) is 0 Å². The van der Waals surface area contributed by atoms with Crippen LogP contribution in [0, 0.1) is 5.82 Å². The molecule has 1 aromatic heterocycles. The summed E-state index contributed by atoms with van der Waals surface area (Å²) in [5, 5.41) is 14.7. The van der Waals surface area contributed by atoms with Gasteiger partial charge in [0.1, 0.15) is 5.82 Å². The monoisotopic (exact) mass is 350 g/mol. The Labute approximate surface area is 143 Å². The first-order valence-electron chi connectivity index (χ1n) is 7.65. The second-order valence-electron chi connectivity index (χ2n) is 5.41. The van der Waals surface area contributed by atoms with E-state index < -0.39 is 17.7 Å². The molecule has 0 aliphatic heterocycles. The summed E-state index contributed by atoms with van der Waals surface area (Å²) >= 11 is 1.55. The van der Waals surface area contributed by atoms with Gasteiger partial charge in [0.2, 0.25) is 5.91 Å². The molecule has 0 spiro atoms. The minimum atomic E-state index is -0.996. The van der Waals surface area contributed by atoms with Crippen LogP contribution >= 0.6 is 11.3 Å². The van der Waals surface area contributed by atoms with E-state index in [1.54, 1.807) is 11.3 Å². The second-order valence-corrected chi connectivity index (χ2v) is 6.36. The second kappa shape index (κ2) is 8.54. The molecule has 1 heterocycles. The van der Waals surface area contributed by atoms with Gasteiger partial charge >= 0.3 is 5.97 Å². The maximum absolute atomic E-state index is 13.0. The van der Waals surface area contributed by atoms with Gasteiger partial charge in [0.05, 0.1) is 23.7 Å². The Bertz CT molecular complexity index is 700. The number of rotatable bonds is 8. The van der Waals surface area contributed by atoms with E-state index in [2.05, 4.69) is 10.3 Å². The van der Waals surface area contributed by atoms with Crippen LogP contribution in [-0.4, -0.2) is 22.0 Å². The van der Waals surface area contributed by atoms with Gasteiger partial charge in [-0.15, -0.1) is 11.3 Å². The van der Waals surface area contributed by atoms with Gasteiger partial charge in [-0.1, -0.05) is 19.1 Å². The molecule has 0 aliphatic rings. The van der Waals surface area contributed by atoms with Gasteiger partial charge < -0.3 is 10.4 Å². The number of carboxylic acids is 1. The number of carbonyl (C=O) groups excluding carboxylic acids is 1. The lowest BCUT2D eigenvalue weighted by atomic mass is 9.92. The fourth-order valence-electron chi connectivity index (χ4n) is 2.33. The molecule has 24 heavy (non-hydrogen) atoms. The molecule has 2 N–H and O–H groups in total. The Kier molecular flexibility index (Phi) is 6.43. The van der Waals surface area contributed by atoms with Gasteiger partial charge in [0.25, 0.3) is 0 Å². The van der Waals surface area contributed by atoms with E-state index >= 15 is 0 Å². The molecule has 0 saturated heterocycles. The number of amides is 1. The van der Waals surface area contributed by atoms with Crippen molar-refractivity contribution in [3.63, 3.8) is 0 Å². The third-order valence-electron chi connectivity index (χ3n) is 3.56. The maximum atomic E-state index is 13.0. The number of hydrogen-bond acceptors (Lipinski definition) is 4. The molecule has 1 aromatic carbocycles. The molecule has 0 radical (unpaired) electrons. The van der Waals surface area contributed by atoms with E-state index in [-0.39, 0.29) is 18.7 Å². The first-order chi connectivity index (χ1) is 11.5. The number of aromatic nitrogens is 1. The first-order valence-corrected chi connectivity index (χ1v) is 8.53. The van der Waals surface area contributed by atoms with E-state index in [4.69, 9.17) is 5.11 Å². The third kappa shape index (κ3) is 5.42. The van der Waals surface area contributed by atoms with Crippen molar-refractivity contribution in [2.45, 2.75) is 38.6 Å². The summed E-state index contributed by atoms with van der Waals surface area (Å²) in [5.41, 5.74) is 1.43. The van der Waals surface area contributed by atoms with Crippen LogP contribution in [0.5, 0.6) is 0 Å². The molecule has 2 aromatic rings. The van der Waals surface area contributed by atoms with E-state index in [9.17, 15) is 14.0 Å². The minimum absolute atomic E-state index is 0.0305. The Morgan fingerprint density at radius 3 is 2.58 bits per heavy atom. The van der Waals surface area contributed by atoms with Gasteiger partial charge in [-0.25, -0.2) is 9.37 Å². The number of nitrogens with zero attached hydrogens (tertiary/aromatic N) is 1. The number of halogens is 1. The topological polar surface area (TPSA) is 79.3 Å². The zero-order chi connectivity index (χ0) is 17.5. The van der Waals surface area contributed by atoms with Gasteiger partial charge in [-0.3, -0.25) is 9.59 Å². The number of carboxylic acid groups (broad SMARTS) is 1. The standard InChI is InChI=1S/C17H19FN2O3S/c1-2-16-20-14(10-24-16)9-19-15(21)7-12(8-17(22)23)11-3-5-13(18)6-4-11/h3-6,10,12H,2,7-9H2,1H3,(H,19,21)(H,22,23). The summed E-state index contributed by atoms with van der Waals surface area (Å²) in [5.74, 6) is -2.14. The molecule has 0 aliphatic carbocycles. The molecule has 0 fully saturated rings. The molecule has 1 amide bonds. The lowest BCUT2D eigenvalue weighted by Gasteiger charge is -2.15. The van der Waals surface area contributed by atoms with Crippen LogP contribution < -0.4 is 5.32 Å². The fourth-order valence-corrected chi connectivity index (χ4v) is 3.08. The van der Waals surface area contributed by atoms with E-state index in [1.807, 2.05) is 12.3 Å². The molecule has 7 heteroatoms. The van der Waals surface area contributed by atoms with Crippen LogP contribution in [0.15, 0.2) is 29.6 Å². The number of nitrogens with one attached hydrogen (secondary N) is 1. The first kappa shape index (κ1) is 18.1. The average Bonchev–Trinajstić information content (AvgIpc) is 3.01. The normalized spacial score (nSPS) is 11.9. The zero-order valence-corrected chi connectivity index (χ0v) is 14.1. The Hall–Kier alpha value is -2.28. The van der Waals surface area contributed by atoms with Gasteiger partial charge in [0, 0.05) is 17.7 Å². The van der Waals surface area contributed by atoms with Gasteiger partial charge in [-0.2, -0.15) is 0 Å². The Morgan fingerprint density at radius 2 is 2.00 bits per heavy atom. The summed E-state index contributed by atoms with van der Waals surface area (Å²) < 4.78 is 13.0. The fraction of sp³-hybridized carbons (Fsp3) is 0.353. The molecule has 1 atom stereocenters. The van der Waals surface area contributed by atoms with Crippen LogP contribution in [0.3, 0.4) is 0 Å². The Morgan fingerprint density at radius 1 is 1.29 bits per heavy atom. The van der Waals surface area contributed by atoms with Crippen LogP contribution in [-0.2, 0) is 22.6 Å². The SMILES string of the molecule is CCc1nc(CNC(=O)CC(CC(=O)O)c2ccc(F)cc2)cs1. The van der Waals surface area contributed by atoms with Crippen LogP contribution in [0.25, 0.3) is 0 Å². The van der Waals surface area contributed by atoms with E-state index in [1.165, 1.54) is 24.3 Å². The highest BCUT2D eigenvalue weighted by Gasteiger charge is 2.19. The van der Waals surface area contributed by atoms with Crippen LogP contribution in [0.2, 0.25) is 0 Å². The number of benzene rings is 1. The quantitative estimate of drug-likeness (QED) is 0.767. The summed E-state index contributed by atoms with van der Waals surface area (Å²) in [6, 6.07) is 5.57. The largest absolute Gasteiger partial charge is 0.481 e. The molecule has 0 saturated carbocycles. The summed E-state index contributed by atoms with van der Waals surface area (Å²) in [7, 11) is 0. The number of aliphatic carboxylic acids is 1. The van der Waals surface area contributed by atoms with Gasteiger partial charge in [-0.05, 0) is 24.1 Å². The highest BCUT2D eigenvalue weighted by Crippen LogP contribution is 2.24. The third-order valence-corrected chi connectivity index (χ3v) is 4.60. The minimum Gasteiger partial charge on any atom is -0.481 e. The summed E-state index contributed by atoms with van der Waals surface area (Å²) in [6.45, 7) is 2.33. The van der Waals surface area contributed by atoms with E-state index in [0.29, 0.717) is 12.1 Å². The lowest BCUT2D eigenvalue weighted by Crippen LogP contribution is -2.25. The van der Waals surface area contributed by atoms with Gasteiger partial charge in [0.15, 0.2) is 0 Å². The van der Waals surface area contributed by atoms with Crippen molar-refractivity contribution in [1.82, 2.24) is 10.3 Å². The van der Waals surface area contributed by atoms with Crippen molar-refractivity contribution in [1.29, 1.82) is 0 Å². The summed E-state index contributed by atoms with van der Waals surface area (Å²) in [4.78, 5) is 27.5. The van der Waals surface area contributed by atoms with Crippen molar-refractivity contribution in [3.05, 3.63) is 51.7 Å². The number of thiazole rings is 1. The van der Waals surface area contributed by atoms with Crippen molar-refractivity contribution < 1.29 is 19.1 Å². The average molecular weight is 350 g/mol. The molecular formula is C17H19FN2O3S. The molecule has 5 nitrogen and oxygen atoms in total. The smallest absolute Gasteiger partial charge is 0.303 e. The van der Waals surface area contributed by atoms with E-state index in [0.717, 1.165) is 17.1 Å². The molecular weight excluding hydrogens is 331 g/mol. The predicted octanol–water partition coefficient (Wildman–Crippen LogP) is 3.11. The van der Waals surface area contributed by atoms with Crippen molar-refractivity contribution >= 4 is 23.2 Å². The van der Waals surface area contributed by atoms with Crippen molar-refractivity contribution in [3.8, 4) is 0 Å². The highest BCUT2D eigenvalue weighted by atomic mass is 32.1. The molecule has 0 bridgehead atoms. The van der Waals surface area contributed by atoms with Crippen LogP contribution in [0.1, 0.15) is 41.9 Å².